The summed E-state index contributed by atoms with van der Waals surface area (Å²) in [6.07, 6.45) is 8.48. The summed E-state index contributed by atoms with van der Waals surface area (Å²) >= 11 is 0. The molecule has 200 valence electrons. The molecule has 0 bridgehead atoms. The topological polar surface area (TPSA) is 24.1 Å². The summed E-state index contributed by atoms with van der Waals surface area (Å²) in [4.78, 5) is 0. The van der Waals surface area contributed by atoms with E-state index in [1.807, 2.05) is 0 Å². The molecule has 0 saturated heterocycles. The fraction of sp³-hybridized carbons (Fsp3) is 0.486. The second-order valence-corrected chi connectivity index (χ2v) is 11.1. The van der Waals surface area contributed by atoms with Crippen LogP contribution in [-0.2, 0) is 6.42 Å². The summed E-state index contributed by atoms with van der Waals surface area (Å²) in [5.74, 6) is 1.57. The number of benzene rings is 3. The van der Waals surface area contributed by atoms with Gasteiger partial charge in [0, 0.05) is 23.5 Å². The third-order valence-electron chi connectivity index (χ3n) is 8.09. The summed E-state index contributed by atoms with van der Waals surface area (Å²) in [5.41, 5.74) is 8.24. The van der Waals surface area contributed by atoms with Gasteiger partial charge in [0.1, 0.15) is 0 Å². The lowest BCUT2D eigenvalue weighted by Gasteiger charge is -2.23. The predicted octanol–water partition coefficient (Wildman–Crippen LogP) is 10.2. The summed E-state index contributed by atoms with van der Waals surface area (Å²) in [7, 11) is 0. The van der Waals surface area contributed by atoms with E-state index in [1.165, 1.54) is 72.2 Å². The van der Waals surface area contributed by atoms with Crippen molar-refractivity contribution in [2.24, 2.45) is 11.8 Å². The average molecular weight is 499 g/mol. The van der Waals surface area contributed by atoms with Crippen molar-refractivity contribution in [2.75, 3.05) is 10.6 Å². The Morgan fingerprint density at radius 2 is 0.919 bits per heavy atom. The van der Waals surface area contributed by atoms with Gasteiger partial charge < -0.3 is 10.6 Å². The SMILES string of the molecule is CCC(C)CC(CC)Nc1ccc(NC(CC)CC(C)CC)cc1.c1ccc2c(c1)Cc1ccccc1-2. The van der Waals surface area contributed by atoms with Gasteiger partial charge in [-0.15, -0.1) is 0 Å². The van der Waals surface area contributed by atoms with E-state index < -0.39 is 0 Å². The molecule has 3 aromatic carbocycles. The van der Waals surface area contributed by atoms with E-state index in [0.717, 1.165) is 18.3 Å². The van der Waals surface area contributed by atoms with Crippen LogP contribution in [0.3, 0.4) is 0 Å². The van der Waals surface area contributed by atoms with Crippen molar-refractivity contribution in [3.63, 3.8) is 0 Å². The number of fused-ring (bicyclic) bond motifs is 3. The summed E-state index contributed by atoms with van der Waals surface area (Å²) in [6.45, 7) is 13.8. The lowest BCUT2D eigenvalue weighted by Crippen LogP contribution is -2.22. The molecule has 3 aromatic rings. The molecule has 0 radical (unpaired) electrons. The largest absolute Gasteiger partial charge is 0.382 e. The molecular weight excluding hydrogens is 448 g/mol. The Balaban J connectivity index is 0.000000241. The number of rotatable bonds is 12. The first-order valence-corrected chi connectivity index (χ1v) is 14.8. The Kier molecular flexibility index (Phi) is 11.6. The molecule has 0 spiro atoms. The molecule has 0 aromatic heterocycles. The zero-order chi connectivity index (χ0) is 26.6. The van der Waals surface area contributed by atoms with Crippen LogP contribution in [0.4, 0.5) is 11.4 Å². The highest BCUT2D eigenvalue weighted by molar-refractivity contribution is 5.76. The fourth-order valence-corrected chi connectivity index (χ4v) is 5.17. The van der Waals surface area contributed by atoms with Gasteiger partial charge in [0.05, 0.1) is 0 Å². The lowest BCUT2D eigenvalue weighted by molar-refractivity contribution is 0.461. The molecule has 0 heterocycles. The van der Waals surface area contributed by atoms with Gasteiger partial charge in [-0.2, -0.15) is 0 Å². The van der Waals surface area contributed by atoms with Gasteiger partial charge in [0.25, 0.3) is 0 Å². The molecule has 1 aliphatic carbocycles. The van der Waals surface area contributed by atoms with E-state index in [-0.39, 0.29) is 0 Å². The van der Waals surface area contributed by atoms with Crippen molar-refractivity contribution in [1.82, 2.24) is 0 Å². The molecule has 2 nitrogen and oxygen atoms in total. The van der Waals surface area contributed by atoms with Crippen molar-refractivity contribution >= 4 is 11.4 Å². The molecule has 2 heteroatoms. The zero-order valence-corrected chi connectivity index (χ0v) is 24.2. The van der Waals surface area contributed by atoms with Crippen LogP contribution in [0.2, 0.25) is 0 Å². The molecule has 0 saturated carbocycles. The first kappa shape index (κ1) is 28.8. The second kappa shape index (κ2) is 14.9. The zero-order valence-electron chi connectivity index (χ0n) is 24.2. The smallest absolute Gasteiger partial charge is 0.0343 e. The second-order valence-electron chi connectivity index (χ2n) is 11.1. The molecule has 0 aliphatic heterocycles. The van der Waals surface area contributed by atoms with E-state index in [4.69, 9.17) is 0 Å². The highest BCUT2D eigenvalue weighted by Crippen LogP contribution is 2.35. The Bertz CT molecular complexity index is 970. The lowest BCUT2D eigenvalue weighted by atomic mass is 9.97. The van der Waals surface area contributed by atoms with Gasteiger partial charge in [0.15, 0.2) is 0 Å². The Hall–Kier alpha value is -2.74. The van der Waals surface area contributed by atoms with Gasteiger partial charge in [-0.3, -0.25) is 0 Å². The Labute approximate surface area is 227 Å². The Morgan fingerprint density at radius 1 is 0.541 bits per heavy atom. The number of hydrogen-bond donors (Lipinski definition) is 2. The normalized spacial score (nSPS) is 14.9. The van der Waals surface area contributed by atoms with Gasteiger partial charge in [-0.1, -0.05) is 103 Å². The van der Waals surface area contributed by atoms with Gasteiger partial charge in [-0.05, 0) is 90.5 Å². The maximum Gasteiger partial charge on any atom is 0.0343 e. The molecule has 4 rings (SSSR count). The molecule has 37 heavy (non-hydrogen) atoms. The maximum atomic E-state index is 3.70. The average Bonchev–Trinajstić information content (AvgIpc) is 3.32. The molecule has 0 amide bonds. The van der Waals surface area contributed by atoms with Crippen LogP contribution in [0.5, 0.6) is 0 Å². The van der Waals surface area contributed by atoms with Gasteiger partial charge in [0.2, 0.25) is 0 Å². The van der Waals surface area contributed by atoms with Gasteiger partial charge in [-0.25, -0.2) is 0 Å². The minimum absolute atomic E-state index is 0.576. The van der Waals surface area contributed by atoms with Crippen molar-refractivity contribution < 1.29 is 0 Å². The van der Waals surface area contributed by atoms with Crippen molar-refractivity contribution in [3.05, 3.63) is 83.9 Å². The predicted molar refractivity (Wildman–Crippen MR) is 165 cm³/mol. The molecule has 2 N–H and O–H groups in total. The van der Waals surface area contributed by atoms with Crippen LogP contribution in [-0.4, -0.2) is 12.1 Å². The molecular formula is C35H50N2. The first-order chi connectivity index (χ1) is 18.0. The Morgan fingerprint density at radius 3 is 1.27 bits per heavy atom. The van der Waals surface area contributed by atoms with E-state index in [2.05, 4.69) is 125 Å². The highest BCUT2D eigenvalue weighted by Gasteiger charge is 2.16. The third-order valence-corrected chi connectivity index (χ3v) is 8.09. The van der Waals surface area contributed by atoms with Crippen LogP contribution in [0.15, 0.2) is 72.8 Å². The molecule has 4 atom stereocenters. The standard InChI is InChI=1S/C22H40N2.C13H10/c1-7-17(5)15-19(9-3)23-21-11-13-22(14-12-21)24-20(10-4)16-18(6)8-2;1-3-7-12-10(5-1)9-11-6-2-4-8-13(11)12/h11-14,17-20,23-24H,7-10,15-16H2,1-6H3;1-8H,9H2. The van der Waals surface area contributed by atoms with E-state index >= 15 is 0 Å². The van der Waals surface area contributed by atoms with Crippen molar-refractivity contribution in [3.8, 4) is 11.1 Å². The highest BCUT2D eigenvalue weighted by atomic mass is 14.9. The van der Waals surface area contributed by atoms with E-state index in [0.29, 0.717) is 12.1 Å². The van der Waals surface area contributed by atoms with E-state index in [1.54, 1.807) is 0 Å². The minimum atomic E-state index is 0.576. The molecule has 4 unspecified atom stereocenters. The fourth-order valence-electron chi connectivity index (χ4n) is 5.17. The first-order valence-electron chi connectivity index (χ1n) is 14.8. The summed E-state index contributed by atoms with van der Waals surface area (Å²) in [5, 5.41) is 7.40. The molecule has 0 fully saturated rings. The quantitative estimate of drug-likeness (QED) is 0.203. The van der Waals surface area contributed by atoms with Crippen LogP contribution in [0, 0.1) is 11.8 Å². The summed E-state index contributed by atoms with van der Waals surface area (Å²) < 4.78 is 0. The van der Waals surface area contributed by atoms with Crippen molar-refractivity contribution in [1.29, 1.82) is 0 Å². The van der Waals surface area contributed by atoms with Gasteiger partial charge >= 0.3 is 0 Å². The van der Waals surface area contributed by atoms with Crippen LogP contribution in [0.25, 0.3) is 11.1 Å². The number of nitrogens with one attached hydrogen (secondary N) is 2. The minimum Gasteiger partial charge on any atom is -0.382 e. The number of anilines is 2. The third kappa shape index (κ3) is 8.66. The summed E-state index contributed by atoms with van der Waals surface area (Å²) in [6, 6.07) is 27.3. The monoisotopic (exact) mass is 498 g/mol. The van der Waals surface area contributed by atoms with E-state index in [9.17, 15) is 0 Å². The van der Waals surface area contributed by atoms with Crippen LogP contribution >= 0.6 is 0 Å². The van der Waals surface area contributed by atoms with Crippen LogP contribution < -0.4 is 10.6 Å². The van der Waals surface area contributed by atoms with Crippen molar-refractivity contribution in [2.45, 2.75) is 98.6 Å². The maximum absolute atomic E-state index is 3.70. The van der Waals surface area contributed by atoms with Crippen LogP contribution in [0.1, 0.15) is 91.2 Å². The number of hydrogen-bond acceptors (Lipinski definition) is 2. The molecule has 1 aliphatic rings.